The highest BCUT2D eigenvalue weighted by molar-refractivity contribution is 9.10. The number of pyridine rings is 1. The molecule has 21 heavy (non-hydrogen) atoms. The summed E-state index contributed by atoms with van der Waals surface area (Å²) in [6, 6.07) is 9.33. The maximum atomic E-state index is 12.4. The molecule has 0 fully saturated rings. The Balaban J connectivity index is 2.20. The summed E-state index contributed by atoms with van der Waals surface area (Å²) in [6.07, 6.45) is 2.65. The summed E-state index contributed by atoms with van der Waals surface area (Å²) in [4.78, 5) is 16.6. The van der Waals surface area contributed by atoms with E-state index in [1.54, 1.807) is 18.3 Å². The van der Waals surface area contributed by atoms with Crippen LogP contribution in [0.1, 0.15) is 29.3 Å². The van der Waals surface area contributed by atoms with Gasteiger partial charge in [0.15, 0.2) is 0 Å². The lowest BCUT2D eigenvalue weighted by Gasteiger charge is -2.11. The predicted octanol–water partition coefficient (Wildman–Crippen LogP) is 4.23. The molecule has 0 bridgehead atoms. The molecule has 0 unspecified atom stereocenters. The standard InChI is InChI=1S/C16H18BrN3O/c1-3-6-18-15-14(5-4-7-19-15)16(21)20-13-9-11(2)8-12(17)10-13/h4-5,7-10H,3,6H2,1-2H3,(H,18,19)(H,20,21). The summed E-state index contributed by atoms with van der Waals surface area (Å²) in [5.41, 5.74) is 2.39. The smallest absolute Gasteiger partial charge is 0.259 e. The van der Waals surface area contributed by atoms with E-state index in [-0.39, 0.29) is 5.91 Å². The number of nitrogens with one attached hydrogen (secondary N) is 2. The summed E-state index contributed by atoms with van der Waals surface area (Å²) in [7, 11) is 0. The van der Waals surface area contributed by atoms with E-state index >= 15 is 0 Å². The van der Waals surface area contributed by atoms with Gasteiger partial charge < -0.3 is 10.6 Å². The third-order valence-corrected chi connectivity index (χ3v) is 3.35. The van der Waals surface area contributed by atoms with Crippen molar-refractivity contribution in [2.75, 3.05) is 17.2 Å². The molecule has 0 aliphatic carbocycles. The first-order valence-electron chi connectivity index (χ1n) is 6.87. The van der Waals surface area contributed by atoms with Crippen molar-refractivity contribution in [3.63, 3.8) is 0 Å². The number of amides is 1. The summed E-state index contributed by atoms with van der Waals surface area (Å²) in [6.45, 7) is 4.84. The minimum absolute atomic E-state index is 0.167. The molecule has 2 N–H and O–H groups in total. The van der Waals surface area contributed by atoms with E-state index < -0.39 is 0 Å². The maximum Gasteiger partial charge on any atom is 0.259 e. The molecule has 2 aromatic rings. The van der Waals surface area contributed by atoms with E-state index in [1.165, 1.54) is 0 Å². The van der Waals surface area contributed by atoms with Gasteiger partial charge in [0.25, 0.3) is 5.91 Å². The van der Waals surface area contributed by atoms with Gasteiger partial charge >= 0.3 is 0 Å². The fourth-order valence-electron chi connectivity index (χ4n) is 1.98. The highest BCUT2D eigenvalue weighted by Gasteiger charge is 2.12. The van der Waals surface area contributed by atoms with Gasteiger partial charge in [-0.1, -0.05) is 22.9 Å². The Morgan fingerprint density at radius 2 is 2.14 bits per heavy atom. The third-order valence-electron chi connectivity index (χ3n) is 2.89. The van der Waals surface area contributed by atoms with Crippen LogP contribution in [0.15, 0.2) is 41.0 Å². The molecule has 5 heteroatoms. The average molecular weight is 348 g/mol. The van der Waals surface area contributed by atoms with E-state index in [0.29, 0.717) is 11.4 Å². The van der Waals surface area contributed by atoms with Gasteiger partial charge in [0.05, 0.1) is 5.56 Å². The van der Waals surface area contributed by atoms with Gasteiger partial charge in [-0.15, -0.1) is 0 Å². The largest absolute Gasteiger partial charge is 0.369 e. The highest BCUT2D eigenvalue weighted by Crippen LogP contribution is 2.21. The predicted molar refractivity (Wildman–Crippen MR) is 89.8 cm³/mol. The van der Waals surface area contributed by atoms with Gasteiger partial charge in [0.1, 0.15) is 5.82 Å². The monoisotopic (exact) mass is 347 g/mol. The Morgan fingerprint density at radius 1 is 1.33 bits per heavy atom. The molecule has 4 nitrogen and oxygen atoms in total. The van der Waals surface area contributed by atoms with Crippen molar-refractivity contribution in [1.29, 1.82) is 0 Å². The second kappa shape index (κ2) is 7.22. The first kappa shape index (κ1) is 15.5. The van der Waals surface area contributed by atoms with Crippen LogP contribution in [0, 0.1) is 6.92 Å². The van der Waals surface area contributed by atoms with E-state index in [1.807, 2.05) is 25.1 Å². The first-order valence-corrected chi connectivity index (χ1v) is 7.67. The Morgan fingerprint density at radius 3 is 2.86 bits per heavy atom. The lowest BCUT2D eigenvalue weighted by molar-refractivity contribution is 0.102. The van der Waals surface area contributed by atoms with Gasteiger partial charge in [-0.3, -0.25) is 4.79 Å². The van der Waals surface area contributed by atoms with Gasteiger partial charge in [0.2, 0.25) is 0 Å². The van der Waals surface area contributed by atoms with Crippen LogP contribution in [0.3, 0.4) is 0 Å². The normalized spacial score (nSPS) is 10.2. The number of benzene rings is 1. The van der Waals surface area contributed by atoms with Gasteiger partial charge in [0, 0.05) is 22.9 Å². The number of aromatic nitrogens is 1. The number of halogens is 1. The topological polar surface area (TPSA) is 54.0 Å². The number of anilines is 2. The number of carbonyl (C=O) groups is 1. The SMILES string of the molecule is CCCNc1ncccc1C(=O)Nc1cc(C)cc(Br)c1. The number of aryl methyl sites for hydroxylation is 1. The van der Waals surface area contributed by atoms with Crippen molar-refractivity contribution < 1.29 is 4.79 Å². The molecule has 0 saturated heterocycles. The molecular formula is C16H18BrN3O. The number of nitrogens with zero attached hydrogens (tertiary/aromatic N) is 1. The Hall–Kier alpha value is -1.88. The summed E-state index contributed by atoms with van der Waals surface area (Å²) in [5, 5.41) is 6.08. The average Bonchev–Trinajstić information content (AvgIpc) is 2.44. The minimum Gasteiger partial charge on any atom is -0.369 e. The Bertz CT molecular complexity index is 623. The van der Waals surface area contributed by atoms with Gasteiger partial charge in [-0.25, -0.2) is 4.98 Å². The summed E-state index contributed by atoms with van der Waals surface area (Å²) < 4.78 is 0.938. The second-order valence-corrected chi connectivity index (χ2v) is 5.71. The highest BCUT2D eigenvalue weighted by atomic mass is 79.9. The molecule has 0 atom stereocenters. The van der Waals surface area contributed by atoms with E-state index in [9.17, 15) is 4.79 Å². The summed E-state index contributed by atoms with van der Waals surface area (Å²) in [5.74, 6) is 0.447. The zero-order valence-corrected chi connectivity index (χ0v) is 13.7. The lowest BCUT2D eigenvalue weighted by Crippen LogP contribution is -2.16. The molecule has 1 aromatic heterocycles. The van der Waals surface area contributed by atoms with E-state index in [2.05, 4.69) is 38.5 Å². The molecule has 1 aromatic carbocycles. The second-order valence-electron chi connectivity index (χ2n) is 4.80. The van der Waals surface area contributed by atoms with Crippen molar-refractivity contribution in [3.8, 4) is 0 Å². The minimum atomic E-state index is -0.167. The number of hydrogen-bond acceptors (Lipinski definition) is 3. The molecule has 0 aliphatic heterocycles. The molecular weight excluding hydrogens is 330 g/mol. The lowest BCUT2D eigenvalue weighted by atomic mass is 10.2. The van der Waals surface area contributed by atoms with Crippen molar-refractivity contribution >= 4 is 33.3 Å². The summed E-state index contributed by atoms with van der Waals surface area (Å²) >= 11 is 3.43. The molecule has 0 aliphatic rings. The van der Waals surface area contributed by atoms with Crippen molar-refractivity contribution in [2.24, 2.45) is 0 Å². The Labute approximate surface area is 133 Å². The van der Waals surface area contributed by atoms with Crippen LogP contribution in [-0.4, -0.2) is 17.4 Å². The van der Waals surface area contributed by atoms with E-state index in [4.69, 9.17) is 0 Å². The maximum absolute atomic E-state index is 12.4. The molecule has 0 saturated carbocycles. The third kappa shape index (κ3) is 4.29. The molecule has 0 radical (unpaired) electrons. The van der Waals surface area contributed by atoms with Gasteiger partial charge in [-0.05, 0) is 49.2 Å². The van der Waals surface area contributed by atoms with Crippen LogP contribution >= 0.6 is 15.9 Å². The van der Waals surface area contributed by atoms with Gasteiger partial charge in [-0.2, -0.15) is 0 Å². The molecule has 110 valence electrons. The van der Waals surface area contributed by atoms with Crippen LogP contribution in [0.25, 0.3) is 0 Å². The Kier molecular flexibility index (Phi) is 5.33. The van der Waals surface area contributed by atoms with Crippen LogP contribution in [0.4, 0.5) is 11.5 Å². The first-order chi connectivity index (χ1) is 10.1. The van der Waals surface area contributed by atoms with Crippen molar-refractivity contribution in [3.05, 3.63) is 52.1 Å². The molecule has 1 amide bonds. The molecule has 1 heterocycles. The van der Waals surface area contributed by atoms with Crippen molar-refractivity contribution in [1.82, 2.24) is 4.98 Å². The molecule has 2 rings (SSSR count). The number of hydrogen-bond donors (Lipinski definition) is 2. The van der Waals surface area contributed by atoms with Crippen LogP contribution < -0.4 is 10.6 Å². The number of rotatable bonds is 5. The quantitative estimate of drug-likeness (QED) is 0.850. The van der Waals surface area contributed by atoms with E-state index in [0.717, 1.165) is 28.7 Å². The van der Waals surface area contributed by atoms with Crippen LogP contribution in [0.5, 0.6) is 0 Å². The zero-order chi connectivity index (χ0) is 15.2. The zero-order valence-electron chi connectivity index (χ0n) is 12.1. The fourth-order valence-corrected chi connectivity index (χ4v) is 2.59. The number of carbonyl (C=O) groups excluding carboxylic acids is 1. The van der Waals surface area contributed by atoms with Crippen LogP contribution in [0.2, 0.25) is 0 Å². The van der Waals surface area contributed by atoms with Crippen molar-refractivity contribution in [2.45, 2.75) is 20.3 Å². The fraction of sp³-hybridized carbons (Fsp3) is 0.250. The molecule has 0 spiro atoms. The van der Waals surface area contributed by atoms with Crippen LogP contribution in [-0.2, 0) is 0 Å².